The molecule has 0 saturated carbocycles. The lowest BCUT2D eigenvalue weighted by Crippen LogP contribution is -2.28. The quantitative estimate of drug-likeness (QED) is 0.821. The fourth-order valence-electron chi connectivity index (χ4n) is 2.07. The zero-order valence-corrected chi connectivity index (χ0v) is 12.5. The molecule has 128 valence electrons. The molecule has 0 saturated heterocycles. The van der Waals surface area contributed by atoms with Gasteiger partial charge in [0.25, 0.3) is 5.56 Å². The number of benzene rings is 1. The maximum atomic E-state index is 12.7. The lowest BCUT2D eigenvalue weighted by Gasteiger charge is -2.11. The van der Waals surface area contributed by atoms with Gasteiger partial charge in [-0.1, -0.05) is 0 Å². The van der Waals surface area contributed by atoms with Crippen molar-refractivity contribution in [1.29, 1.82) is 0 Å². The first kappa shape index (κ1) is 17.6. The predicted molar refractivity (Wildman–Crippen MR) is 80.8 cm³/mol. The smallest absolute Gasteiger partial charge is 0.421 e. The molecule has 1 heterocycles. The van der Waals surface area contributed by atoms with E-state index in [4.69, 9.17) is 10.5 Å². The van der Waals surface area contributed by atoms with E-state index in [0.717, 1.165) is 10.6 Å². The molecule has 2 aromatic rings. The number of alkyl halides is 3. The molecule has 1 aromatic heterocycles. The van der Waals surface area contributed by atoms with Crippen LogP contribution in [0.2, 0.25) is 0 Å². The summed E-state index contributed by atoms with van der Waals surface area (Å²) in [6.07, 6.45) is -3.02. The molecule has 0 aliphatic carbocycles. The van der Waals surface area contributed by atoms with Gasteiger partial charge < -0.3 is 15.0 Å². The van der Waals surface area contributed by atoms with Crippen molar-refractivity contribution in [1.82, 2.24) is 4.57 Å². The highest BCUT2D eigenvalue weighted by atomic mass is 19.4. The third-order valence-electron chi connectivity index (χ3n) is 3.28. The monoisotopic (exact) mass is 340 g/mol. The summed E-state index contributed by atoms with van der Waals surface area (Å²) < 4.78 is 44.4. The second-order valence-corrected chi connectivity index (χ2v) is 5.01. The lowest BCUT2D eigenvalue weighted by molar-refractivity contribution is -0.139. The van der Waals surface area contributed by atoms with E-state index in [-0.39, 0.29) is 13.2 Å². The summed E-state index contributed by atoms with van der Waals surface area (Å²) in [6.45, 7) is 0.306. The Bertz CT molecular complexity index is 767. The lowest BCUT2D eigenvalue weighted by atomic mass is 10.2. The van der Waals surface area contributed by atoms with Crippen LogP contribution in [0.4, 0.5) is 13.2 Å². The number of aryl methyl sites for hydroxylation is 1. The Morgan fingerprint density at radius 3 is 2.42 bits per heavy atom. The van der Waals surface area contributed by atoms with E-state index >= 15 is 0 Å². The summed E-state index contributed by atoms with van der Waals surface area (Å²) >= 11 is 0. The van der Waals surface area contributed by atoms with Gasteiger partial charge in [0.15, 0.2) is 0 Å². The Morgan fingerprint density at radius 1 is 1.17 bits per heavy atom. The largest absolute Gasteiger partial charge is 0.494 e. The SMILES string of the molecule is NC(=O)c1ccc(OCCCn2cccc(C(F)(F)F)c2=O)cc1. The van der Waals surface area contributed by atoms with Gasteiger partial charge in [-0.2, -0.15) is 13.2 Å². The van der Waals surface area contributed by atoms with Crippen molar-refractivity contribution in [2.45, 2.75) is 19.1 Å². The molecule has 0 bridgehead atoms. The molecule has 1 amide bonds. The molecule has 8 heteroatoms. The van der Waals surface area contributed by atoms with E-state index in [1.165, 1.54) is 24.4 Å². The van der Waals surface area contributed by atoms with Gasteiger partial charge in [-0.25, -0.2) is 0 Å². The van der Waals surface area contributed by atoms with Gasteiger partial charge >= 0.3 is 6.18 Å². The number of pyridine rings is 1. The van der Waals surface area contributed by atoms with Crippen LogP contribution in [0.3, 0.4) is 0 Å². The molecule has 5 nitrogen and oxygen atoms in total. The number of hydrogen-bond donors (Lipinski definition) is 1. The van der Waals surface area contributed by atoms with Crippen molar-refractivity contribution in [3.05, 3.63) is 64.1 Å². The molecule has 2 N–H and O–H groups in total. The van der Waals surface area contributed by atoms with Gasteiger partial charge in [0, 0.05) is 18.3 Å². The highest BCUT2D eigenvalue weighted by Crippen LogP contribution is 2.25. The first-order valence-corrected chi connectivity index (χ1v) is 7.08. The predicted octanol–water partition coefficient (Wildman–Crippen LogP) is 2.44. The second kappa shape index (κ2) is 7.20. The van der Waals surface area contributed by atoms with E-state index in [1.807, 2.05) is 0 Å². The third-order valence-corrected chi connectivity index (χ3v) is 3.28. The van der Waals surface area contributed by atoms with Crippen LogP contribution in [-0.2, 0) is 12.7 Å². The van der Waals surface area contributed by atoms with Crippen LogP contribution in [0.15, 0.2) is 47.4 Å². The van der Waals surface area contributed by atoms with Crippen LogP contribution in [0.25, 0.3) is 0 Å². The Kier molecular flexibility index (Phi) is 5.28. The van der Waals surface area contributed by atoms with Crippen molar-refractivity contribution < 1.29 is 22.7 Å². The van der Waals surface area contributed by atoms with Crippen LogP contribution >= 0.6 is 0 Å². The average Bonchev–Trinajstić information content (AvgIpc) is 2.52. The number of nitrogens with two attached hydrogens (primary N) is 1. The summed E-state index contributed by atoms with van der Waals surface area (Å²) in [5.74, 6) is -0.0538. The van der Waals surface area contributed by atoms with Gasteiger partial charge in [0.1, 0.15) is 11.3 Å². The number of ether oxygens (including phenoxy) is 1. The van der Waals surface area contributed by atoms with E-state index in [9.17, 15) is 22.8 Å². The fraction of sp³-hybridized carbons (Fsp3) is 0.250. The van der Waals surface area contributed by atoms with Gasteiger partial charge in [0.2, 0.25) is 5.91 Å². The van der Waals surface area contributed by atoms with Gasteiger partial charge in [-0.15, -0.1) is 0 Å². The number of primary amides is 1. The molecule has 0 aliphatic heterocycles. The van der Waals surface area contributed by atoms with Gasteiger partial charge in [-0.05, 0) is 42.8 Å². The molecule has 2 rings (SSSR count). The van der Waals surface area contributed by atoms with Crippen molar-refractivity contribution in [2.24, 2.45) is 5.73 Å². The maximum absolute atomic E-state index is 12.7. The van der Waals surface area contributed by atoms with Crippen LogP contribution in [-0.4, -0.2) is 17.1 Å². The van der Waals surface area contributed by atoms with Crippen LogP contribution in [0.1, 0.15) is 22.3 Å². The standard InChI is InChI=1S/C16H15F3N2O3/c17-16(18,19)13-3-1-8-21(15(13)23)9-2-10-24-12-6-4-11(5-7-12)14(20)22/h1,3-8H,2,9-10H2,(H2,20,22). The summed E-state index contributed by atoms with van der Waals surface area (Å²) in [5, 5.41) is 0. The number of halogens is 3. The minimum absolute atomic E-state index is 0.0993. The van der Waals surface area contributed by atoms with E-state index < -0.39 is 23.2 Å². The molecule has 1 aromatic carbocycles. The average molecular weight is 340 g/mol. The van der Waals surface area contributed by atoms with Crippen LogP contribution < -0.4 is 16.0 Å². The zero-order chi connectivity index (χ0) is 17.7. The highest BCUT2D eigenvalue weighted by Gasteiger charge is 2.34. The Morgan fingerprint density at radius 2 is 1.83 bits per heavy atom. The van der Waals surface area contributed by atoms with E-state index in [2.05, 4.69) is 0 Å². The van der Waals surface area contributed by atoms with Crippen LogP contribution in [0, 0.1) is 0 Å². The number of hydrogen-bond acceptors (Lipinski definition) is 3. The minimum atomic E-state index is -4.67. The molecule has 0 fully saturated rings. The van der Waals surface area contributed by atoms with Crippen molar-refractivity contribution in [3.63, 3.8) is 0 Å². The Labute approximate surface area is 135 Å². The second-order valence-electron chi connectivity index (χ2n) is 5.01. The first-order valence-electron chi connectivity index (χ1n) is 7.08. The number of carbonyl (C=O) groups excluding carboxylic acids is 1. The molecule has 0 spiro atoms. The first-order chi connectivity index (χ1) is 11.3. The number of nitrogens with zero attached hydrogens (tertiary/aromatic N) is 1. The number of carbonyl (C=O) groups is 1. The topological polar surface area (TPSA) is 74.3 Å². The molecule has 0 atom stereocenters. The van der Waals surface area contributed by atoms with Gasteiger partial charge in [0.05, 0.1) is 6.61 Å². The Balaban J connectivity index is 1.91. The van der Waals surface area contributed by atoms with E-state index in [0.29, 0.717) is 17.7 Å². The molecular formula is C16H15F3N2O3. The number of rotatable bonds is 6. The maximum Gasteiger partial charge on any atom is 0.421 e. The number of amides is 1. The van der Waals surface area contributed by atoms with Gasteiger partial charge in [-0.3, -0.25) is 9.59 Å². The summed E-state index contributed by atoms with van der Waals surface area (Å²) in [5.41, 5.74) is 3.20. The molecule has 0 aliphatic rings. The summed E-state index contributed by atoms with van der Waals surface area (Å²) in [4.78, 5) is 22.7. The summed E-state index contributed by atoms with van der Waals surface area (Å²) in [6, 6.07) is 8.10. The van der Waals surface area contributed by atoms with Crippen molar-refractivity contribution >= 4 is 5.91 Å². The van der Waals surface area contributed by atoms with Crippen molar-refractivity contribution in [3.8, 4) is 5.75 Å². The molecule has 24 heavy (non-hydrogen) atoms. The Hall–Kier alpha value is -2.77. The highest BCUT2D eigenvalue weighted by molar-refractivity contribution is 5.92. The van der Waals surface area contributed by atoms with E-state index in [1.54, 1.807) is 12.1 Å². The number of aromatic nitrogens is 1. The molecular weight excluding hydrogens is 325 g/mol. The summed E-state index contributed by atoms with van der Waals surface area (Å²) in [7, 11) is 0. The molecule has 0 radical (unpaired) electrons. The normalized spacial score (nSPS) is 11.3. The minimum Gasteiger partial charge on any atom is -0.494 e. The van der Waals surface area contributed by atoms with Crippen LogP contribution in [0.5, 0.6) is 5.75 Å². The van der Waals surface area contributed by atoms with Crippen molar-refractivity contribution in [2.75, 3.05) is 6.61 Å². The fourth-order valence-corrected chi connectivity index (χ4v) is 2.07. The zero-order valence-electron chi connectivity index (χ0n) is 12.5. The molecule has 0 unspecified atom stereocenters. The third kappa shape index (κ3) is 4.37.